The normalized spacial score (nSPS) is 16.0. The zero-order chi connectivity index (χ0) is 16.8. The number of hydrogen-bond acceptors (Lipinski definition) is 5. The zero-order valence-corrected chi connectivity index (χ0v) is 13.9. The summed E-state index contributed by atoms with van der Waals surface area (Å²) in [4.78, 5) is 14.3. The lowest BCUT2D eigenvalue weighted by molar-refractivity contribution is 0.0929. The van der Waals surface area contributed by atoms with Crippen LogP contribution in [-0.2, 0) is 11.2 Å². The molecule has 0 aliphatic carbocycles. The Bertz CT molecular complexity index is 651. The summed E-state index contributed by atoms with van der Waals surface area (Å²) < 4.78 is 10.6. The van der Waals surface area contributed by atoms with Crippen LogP contribution in [0.5, 0.6) is 0 Å². The van der Waals surface area contributed by atoms with Crippen LogP contribution in [0, 0.1) is 0 Å². The quantitative estimate of drug-likeness (QED) is 0.880. The number of aromatic nitrogens is 1. The molecule has 2 aromatic rings. The molecule has 0 bridgehead atoms. The van der Waals surface area contributed by atoms with Gasteiger partial charge in [0.2, 0.25) is 5.88 Å². The number of ether oxygens (including phenoxy) is 1. The fraction of sp³-hybridized carbons (Fsp3) is 0.444. The molecule has 1 aromatic heterocycles. The Kier molecular flexibility index (Phi) is 5.48. The molecule has 1 amide bonds. The van der Waals surface area contributed by atoms with E-state index in [1.54, 1.807) is 6.07 Å². The van der Waals surface area contributed by atoms with Crippen molar-refractivity contribution >= 4 is 11.8 Å². The standard InChI is InChI=1S/C18H23N3O3/c1-14(7-8-15-5-3-2-4-6-15)19-18(22)16-13-17(24-20-16)21-9-11-23-12-10-21/h2-6,13-14H,7-12H2,1H3,(H,19,22)/t14-/m0/s1. The van der Waals surface area contributed by atoms with Crippen LogP contribution in [0.2, 0.25) is 0 Å². The van der Waals surface area contributed by atoms with Gasteiger partial charge in [-0.3, -0.25) is 4.79 Å². The SMILES string of the molecule is C[C@@H](CCc1ccccc1)NC(=O)c1cc(N2CCOCC2)on1. The number of carbonyl (C=O) groups is 1. The topological polar surface area (TPSA) is 67.6 Å². The maximum Gasteiger partial charge on any atom is 0.273 e. The molecule has 6 heteroatoms. The van der Waals surface area contributed by atoms with Gasteiger partial charge in [-0.1, -0.05) is 35.5 Å². The molecular formula is C18H23N3O3. The molecule has 0 unspecified atom stereocenters. The molecule has 1 saturated heterocycles. The summed E-state index contributed by atoms with van der Waals surface area (Å²) in [6.07, 6.45) is 1.81. The summed E-state index contributed by atoms with van der Waals surface area (Å²) in [5.41, 5.74) is 1.60. The van der Waals surface area contributed by atoms with Crippen LogP contribution in [-0.4, -0.2) is 43.4 Å². The second kappa shape index (κ2) is 7.97. The molecule has 1 aliphatic rings. The smallest absolute Gasteiger partial charge is 0.273 e. The zero-order valence-electron chi connectivity index (χ0n) is 13.9. The van der Waals surface area contributed by atoms with E-state index in [2.05, 4.69) is 22.6 Å². The first kappa shape index (κ1) is 16.5. The summed E-state index contributed by atoms with van der Waals surface area (Å²) in [5.74, 6) is 0.430. The number of amides is 1. The maximum absolute atomic E-state index is 12.3. The first-order valence-corrected chi connectivity index (χ1v) is 8.36. The highest BCUT2D eigenvalue weighted by Crippen LogP contribution is 2.17. The fourth-order valence-corrected chi connectivity index (χ4v) is 2.70. The third-order valence-corrected chi connectivity index (χ3v) is 4.14. The van der Waals surface area contributed by atoms with E-state index < -0.39 is 0 Å². The first-order valence-electron chi connectivity index (χ1n) is 8.36. The van der Waals surface area contributed by atoms with Crippen LogP contribution in [0.3, 0.4) is 0 Å². The molecule has 2 heterocycles. The number of morpholine rings is 1. The van der Waals surface area contributed by atoms with E-state index in [1.807, 2.05) is 30.0 Å². The van der Waals surface area contributed by atoms with Crippen molar-refractivity contribution in [2.45, 2.75) is 25.8 Å². The Morgan fingerprint density at radius 1 is 1.29 bits per heavy atom. The van der Waals surface area contributed by atoms with Gasteiger partial charge in [0.05, 0.1) is 13.2 Å². The average Bonchev–Trinajstić information content (AvgIpc) is 3.12. The number of nitrogens with one attached hydrogen (secondary N) is 1. The molecule has 0 saturated carbocycles. The summed E-state index contributed by atoms with van der Waals surface area (Å²) >= 11 is 0. The number of rotatable bonds is 6. The van der Waals surface area contributed by atoms with Gasteiger partial charge in [-0.2, -0.15) is 0 Å². The van der Waals surface area contributed by atoms with E-state index in [9.17, 15) is 4.79 Å². The van der Waals surface area contributed by atoms with Gasteiger partial charge in [-0.25, -0.2) is 0 Å². The molecule has 0 radical (unpaired) electrons. The van der Waals surface area contributed by atoms with E-state index in [0.29, 0.717) is 24.8 Å². The number of carbonyl (C=O) groups excluding carboxylic acids is 1. The third-order valence-electron chi connectivity index (χ3n) is 4.14. The fourth-order valence-electron chi connectivity index (χ4n) is 2.70. The van der Waals surface area contributed by atoms with Crippen LogP contribution in [0.4, 0.5) is 5.88 Å². The molecule has 1 aliphatic heterocycles. The van der Waals surface area contributed by atoms with Gasteiger partial charge < -0.3 is 19.5 Å². The Morgan fingerprint density at radius 3 is 2.79 bits per heavy atom. The van der Waals surface area contributed by atoms with Crippen molar-refractivity contribution in [2.75, 3.05) is 31.2 Å². The van der Waals surface area contributed by atoms with Gasteiger partial charge in [0.1, 0.15) is 0 Å². The van der Waals surface area contributed by atoms with Crippen molar-refractivity contribution in [2.24, 2.45) is 0 Å². The summed E-state index contributed by atoms with van der Waals surface area (Å²) in [5, 5.41) is 6.87. The van der Waals surface area contributed by atoms with Crippen molar-refractivity contribution in [3.05, 3.63) is 47.7 Å². The lowest BCUT2D eigenvalue weighted by Crippen LogP contribution is -2.36. The lowest BCUT2D eigenvalue weighted by Gasteiger charge is -2.25. The maximum atomic E-state index is 12.3. The van der Waals surface area contributed by atoms with E-state index in [-0.39, 0.29) is 11.9 Å². The number of nitrogens with zero attached hydrogens (tertiary/aromatic N) is 2. The molecule has 3 rings (SSSR count). The van der Waals surface area contributed by atoms with Crippen LogP contribution in [0.25, 0.3) is 0 Å². The molecule has 128 valence electrons. The number of hydrogen-bond donors (Lipinski definition) is 1. The Balaban J connectivity index is 1.50. The molecule has 6 nitrogen and oxygen atoms in total. The molecular weight excluding hydrogens is 306 g/mol. The Hall–Kier alpha value is -2.34. The van der Waals surface area contributed by atoms with E-state index in [4.69, 9.17) is 9.26 Å². The van der Waals surface area contributed by atoms with Gasteiger partial charge in [-0.05, 0) is 25.3 Å². The minimum Gasteiger partial charge on any atom is -0.378 e. The summed E-state index contributed by atoms with van der Waals surface area (Å²) in [6, 6.07) is 12.0. The number of aryl methyl sites for hydroxylation is 1. The number of anilines is 1. The predicted molar refractivity (Wildman–Crippen MR) is 91.2 cm³/mol. The number of benzene rings is 1. The van der Waals surface area contributed by atoms with Crippen LogP contribution >= 0.6 is 0 Å². The van der Waals surface area contributed by atoms with Gasteiger partial charge in [0.15, 0.2) is 5.69 Å². The van der Waals surface area contributed by atoms with Crippen molar-refractivity contribution in [3.8, 4) is 0 Å². The van der Waals surface area contributed by atoms with Crippen LogP contribution in [0.15, 0.2) is 40.9 Å². The largest absolute Gasteiger partial charge is 0.378 e. The second-order valence-electron chi connectivity index (χ2n) is 6.05. The minimum absolute atomic E-state index is 0.0706. The van der Waals surface area contributed by atoms with E-state index >= 15 is 0 Å². The molecule has 1 fully saturated rings. The lowest BCUT2D eigenvalue weighted by atomic mass is 10.1. The highest BCUT2D eigenvalue weighted by atomic mass is 16.5. The van der Waals surface area contributed by atoms with Gasteiger partial charge in [0, 0.05) is 25.2 Å². The van der Waals surface area contributed by atoms with Gasteiger partial charge >= 0.3 is 0 Å². The average molecular weight is 329 g/mol. The van der Waals surface area contributed by atoms with Crippen LogP contribution < -0.4 is 10.2 Å². The summed E-state index contributed by atoms with van der Waals surface area (Å²) in [6.45, 7) is 4.84. The van der Waals surface area contributed by atoms with Crippen molar-refractivity contribution in [1.82, 2.24) is 10.5 Å². The summed E-state index contributed by atoms with van der Waals surface area (Å²) in [7, 11) is 0. The molecule has 1 N–H and O–H groups in total. The second-order valence-corrected chi connectivity index (χ2v) is 6.05. The van der Waals surface area contributed by atoms with Gasteiger partial charge in [-0.15, -0.1) is 0 Å². The highest BCUT2D eigenvalue weighted by molar-refractivity contribution is 5.93. The minimum atomic E-state index is -0.196. The molecule has 1 aromatic carbocycles. The first-order chi connectivity index (χ1) is 11.7. The molecule has 1 atom stereocenters. The molecule has 0 spiro atoms. The predicted octanol–water partition coefficient (Wildman–Crippen LogP) is 2.26. The third kappa shape index (κ3) is 4.35. The monoisotopic (exact) mass is 329 g/mol. The van der Waals surface area contributed by atoms with Crippen LogP contribution in [0.1, 0.15) is 29.4 Å². The van der Waals surface area contributed by atoms with Gasteiger partial charge in [0.25, 0.3) is 5.91 Å². The molecule has 24 heavy (non-hydrogen) atoms. The van der Waals surface area contributed by atoms with E-state index in [1.165, 1.54) is 5.56 Å². The van der Waals surface area contributed by atoms with Crippen molar-refractivity contribution in [1.29, 1.82) is 0 Å². The van der Waals surface area contributed by atoms with E-state index in [0.717, 1.165) is 25.9 Å². The van der Waals surface area contributed by atoms with Crippen molar-refractivity contribution in [3.63, 3.8) is 0 Å². The Morgan fingerprint density at radius 2 is 2.04 bits per heavy atom. The highest BCUT2D eigenvalue weighted by Gasteiger charge is 2.19. The Labute approximate surface area is 141 Å². The van der Waals surface area contributed by atoms with Crippen molar-refractivity contribution < 1.29 is 14.1 Å².